The number of nitrogens with zero attached hydrogens (tertiary/aromatic N) is 1. The van der Waals surface area contributed by atoms with Gasteiger partial charge in [-0.25, -0.2) is 4.90 Å². The SMILES string of the molecule is COc1ccccc1Oc1ccc(N2C(=O)C=CC2=O)cc1. The van der Waals surface area contributed by atoms with Crippen LogP contribution in [0.15, 0.2) is 60.7 Å². The van der Waals surface area contributed by atoms with Crippen LogP contribution in [0.5, 0.6) is 17.2 Å². The Morgan fingerprint density at radius 1 is 0.818 bits per heavy atom. The molecule has 2 aromatic rings. The summed E-state index contributed by atoms with van der Waals surface area (Å²) in [5.41, 5.74) is 0.507. The van der Waals surface area contributed by atoms with Crippen LogP contribution in [0.4, 0.5) is 5.69 Å². The molecule has 2 amide bonds. The maximum Gasteiger partial charge on any atom is 0.258 e. The van der Waals surface area contributed by atoms with E-state index in [4.69, 9.17) is 9.47 Å². The van der Waals surface area contributed by atoms with Crippen LogP contribution in [-0.4, -0.2) is 18.9 Å². The molecule has 0 aliphatic carbocycles. The van der Waals surface area contributed by atoms with Gasteiger partial charge in [0.05, 0.1) is 12.8 Å². The maximum atomic E-state index is 11.6. The van der Waals surface area contributed by atoms with E-state index in [0.717, 1.165) is 4.90 Å². The molecule has 0 atom stereocenters. The number of imide groups is 1. The molecule has 110 valence electrons. The van der Waals surface area contributed by atoms with Crippen LogP contribution in [0.1, 0.15) is 0 Å². The lowest BCUT2D eigenvalue weighted by Crippen LogP contribution is -2.29. The molecule has 22 heavy (non-hydrogen) atoms. The molecule has 0 N–H and O–H groups in total. The van der Waals surface area contributed by atoms with Gasteiger partial charge in [-0.3, -0.25) is 9.59 Å². The molecule has 0 aromatic heterocycles. The quantitative estimate of drug-likeness (QED) is 0.814. The molecule has 0 fully saturated rings. The Hall–Kier alpha value is -3.08. The zero-order chi connectivity index (χ0) is 15.5. The average Bonchev–Trinajstić information content (AvgIpc) is 2.88. The monoisotopic (exact) mass is 295 g/mol. The van der Waals surface area contributed by atoms with Crippen molar-refractivity contribution in [3.05, 3.63) is 60.7 Å². The van der Waals surface area contributed by atoms with Gasteiger partial charge in [0.1, 0.15) is 5.75 Å². The van der Waals surface area contributed by atoms with E-state index in [9.17, 15) is 9.59 Å². The van der Waals surface area contributed by atoms with Crippen molar-refractivity contribution in [2.24, 2.45) is 0 Å². The highest BCUT2D eigenvalue weighted by Crippen LogP contribution is 2.32. The van der Waals surface area contributed by atoms with Gasteiger partial charge >= 0.3 is 0 Å². The average molecular weight is 295 g/mol. The zero-order valence-electron chi connectivity index (χ0n) is 11.9. The van der Waals surface area contributed by atoms with Gasteiger partial charge in [-0.1, -0.05) is 12.1 Å². The van der Waals surface area contributed by atoms with Crippen molar-refractivity contribution < 1.29 is 19.1 Å². The Morgan fingerprint density at radius 2 is 1.41 bits per heavy atom. The van der Waals surface area contributed by atoms with Crippen molar-refractivity contribution in [2.75, 3.05) is 12.0 Å². The summed E-state index contributed by atoms with van der Waals surface area (Å²) in [6.45, 7) is 0. The second-order valence-electron chi connectivity index (χ2n) is 4.59. The molecule has 5 heteroatoms. The summed E-state index contributed by atoms with van der Waals surface area (Å²) < 4.78 is 11.0. The summed E-state index contributed by atoms with van der Waals surface area (Å²) in [5.74, 6) is 1.11. The molecular formula is C17H13NO4. The molecule has 2 aromatic carbocycles. The molecule has 0 saturated carbocycles. The number of benzene rings is 2. The van der Waals surface area contributed by atoms with Crippen molar-refractivity contribution in [3.8, 4) is 17.2 Å². The lowest BCUT2D eigenvalue weighted by molar-refractivity contribution is -0.119. The van der Waals surface area contributed by atoms with Crippen molar-refractivity contribution >= 4 is 17.5 Å². The van der Waals surface area contributed by atoms with Crippen molar-refractivity contribution in [2.45, 2.75) is 0 Å². The Morgan fingerprint density at radius 3 is 2.00 bits per heavy atom. The predicted octanol–water partition coefficient (Wildman–Crippen LogP) is 2.92. The van der Waals surface area contributed by atoms with Gasteiger partial charge in [-0.2, -0.15) is 0 Å². The molecule has 1 aliphatic heterocycles. The summed E-state index contributed by atoms with van der Waals surface area (Å²) in [6.07, 6.45) is 2.50. The molecule has 3 rings (SSSR count). The lowest BCUT2D eigenvalue weighted by atomic mass is 10.2. The second-order valence-corrected chi connectivity index (χ2v) is 4.59. The molecule has 1 aliphatic rings. The Kier molecular flexibility index (Phi) is 3.62. The minimum Gasteiger partial charge on any atom is -0.493 e. The highest BCUT2D eigenvalue weighted by atomic mass is 16.5. The van der Waals surface area contributed by atoms with Crippen LogP contribution < -0.4 is 14.4 Å². The summed E-state index contributed by atoms with van der Waals surface area (Å²) >= 11 is 0. The number of hydrogen-bond donors (Lipinski definition) is 0. The zero-order valence-corrected chi connectivity index (χ0v) is 11.9. The van der Waals surface area contributed by atoms with E-state index in [2.05, 4.69) is 0 Å². The predicted molar refractivity (Wildman–Crippen MR) is 81.1 cm³/mol. The minimum atomic E-state index is -0.344. The maximum absolute atomic E-state index is 11.6. The van der Waals surface area contributed by atoms with Gasteiger partial charge < -0.3 is 9.47 Å². The third kappa shape index (κ3) is 2.56. The first kappa shape index (κ1) is 13.9. The largest absolute Gasteiger partial charge is 0.493 e. The first-order valence-electron chi connectivity index (χ1n) is 6.66. The van der Waals surface area contributed by atoms with Crippen LogP contribution >= 0.6 is 0 Å². The molecule has 0 spiro atoms. The minimum absolute atomic E-state index is 0.344. The fourth-order valence-corrected chi connectivity index (χ4v) is 2.15. The lowest BCUT2D eigenvalue weighted by Gasteiger charge is -2.15. The molecular weight excluding hydrogens is 282 g/mol. The summed E-state index contributed by atoms with van der Waals surface area (Å²) in [6, 6.07) is 14.0. The van der Waals surface area contributed by atoms with Crippen LogP contribution in [0.2, 0.25) is 0 Å². The normalized spacial score (nSPS) is 13.6. The molecule has 0 saturated heterocycles. The number of para-hydroxylation sites is 2. The topological polar surface area (TPSA) is 55.8 Å². The number of amides is 2. The van der Waals surface area contributed by atoms with Crippen LogP contribution in [0.25, 0.3) is 0 Å². The number of methoxy groups -OCH3 is 1. The van der Waals surface area contributed by atoms with Crippen molar-refractivity contribution in [1.82, 2.24) is 0 Å². The van der Waals surface area contributed by atoms with E-state index >= 15 is 0 Å². The second kappa shape index (κ2) is 5.73. The molecule has 0 unspecified atom stereocenters. The fraction of sp³-hybridized carbons (Fsp3) is 0.0588. The van der Waals surface area contributed by atoms with Gasteiger partial charge in [0.25, 0.3) is 11.8 Å². The number of rotatable bonds is 4. The number of ether oxygens (including phenoxy) is 2. The molecule has 0 bridgehead atoms. The molecule has 5 nitrogen and oxygen atoms in total. The number of carbonyl (C=O) groups excluding carboxylic acids is 2. The fourth-order valence-electron chi connectivity index (χ4n) is 2.15. The van der Waals surface area contributed by atoms with Crippen molar-refractivity contribution in [1.29, 1.82) is 0 Å². The third-order valence-corrected chi connectivity index (χ3v) is 3.20. The van der Waals surface area contributed by atoms with E-state index in [1.54, 1.807) is 43.5 Å². The smallest absolute Gasteiger partial charge is 0.258 e. The van der Waals surface area contributed by atoms with Gasteiger partial charge in [-0.05, 0) is 36.4 Å². The highest BCUT2D eigenvalue weighted by Gasteiger charge is 2.24. The summed E-state index contributed by atoms with van der Waals surface area (Å²) in [5, 5.41) is 0. The Labute approximate surface area is 127 Å². The van der Waals surface area contributed by atoms with Crippen molar-refractivity contribution in [3.63, 3.8) is 0 Å². The van der Waals surface area contributed by atoms with Gasteiger partial charge in [-0.15, -0.1) is 0 Å². The van der Waals surface area contributed by atoms with E-state index in [0.29, 0.717) is 22.9 Å². The highest BCUT2D eigenvalue weighted by molar-refractivity contribution is 6.28. The summed E-state index contributed by atoms with van der Waals surface area (Å²) in [4.78, 5) is 24.3. The number of carbonyl (C=O) groups is 2. The first-order chi connectivity index (χ1) is 10.7. The third-order valence-electron chi connectivity index (χ3n) is 3.20. The Balaban J connectivity index is 1.80. The molecule has 1 heterocycles. The van der Waals surface area contributed by atoms with Gasteiger partial charge in [0.15, 0.2) is 11.5 Å². The van der Waals surface area contributed by atoms with Crippen LogP contribution in [0.3, 0.4) is 0 Å². The summed E-state index contributed by atoms with van der Waals surface area (Å²) in [7, 11) is 1.57. The van der Waals surface area contributed by atoms with E-state index < -0.39 is 0 Å². The number of anilines is 1. The Bertz CT molecular complexity index is 732. The number of hydrogen-bond acceptors (Lipinski definition) is 4. The van der Waals surface area contributed by atoms with E-state index in [1.807, 2.05) is 12.1 Å². The van der Waals surface area contributed by atoms with Crippen LogP contribution in [-0.2, 0) is 9.59 Å². The standard InChI is InChI=1S/C17H13NO4/c1-21-14-4-2-3-5-15(14)22-13-8-6-12(7-9-13)18-16(19)10-11-17(18)20/h2-11H,1H3. The first-order valence-corrected chi connectivity index (χ1v) is 6.66. The van der Waals surface area contributed by atoms with E-state index in [-0.39, 0.29) is 11.8 Å². The van der Waals surface area contributed by atoms with Gasteiger partial charge in [0.2, 0.25) is 0 Å². The van der Waals surface area contributed by atoms with Gasteiger partial charge in [0, 0.05) is 12.2 Å². The molecule has 0 radical (unpaired) electrons. The van der Waals surface area contributed by atoms with E-state index in [1.165, 1.54) is 12.2 Å². The van der Waals surface area contributed by atoms with Crippen LogP contribution in [0, 0.1) is 0 Å².